The van der Waals surface area contributed by atoms with Crippen molar-refractivity contribution in [2.24, 2.45) is 11.8 Å². The van der Waals surface area contributed by atoms with Crippen LogP contribution in [-0.4, -0.2) is 34.5 Å². The molecule has 0 saturated heterocycles. The minimum absolute atomic E-state index is 0.0114. The van der Waals surface area contributed by atoms with Gasteiger partial charge < -0.3 is 15.2 Å². The normalized spacial score (nSPS) is 24.1. The van der Waals surface area contributed by atoms with Gasteiger partial charge in [-0.3, -0.25) is 4.79 Å². The van der Waals surface area contributed by atoms with Gasteiger partial charge in [0.25, 0.3) is 11.6 Å². The summed E-state index contributed by atoms with van der Waals surface area (Å²) in [5.41, 5.74) is 13.4. The Morgan fingerprint density at radius 2 is 2.11 bits per heavy atom. The molecular formula is C22H27N3O2. The fourth-order valence-electron chi connectivity index (χ4n) is 4.66. The van der Waals surface area contributed by atoms with Crippen LogP contribution in [-0.2, 0) is 11.3 Å². The van der Waals surface area contributed by atoms with Gasteiger partial charge in [-0.25, -0.2) is 0 Å². The first-order chi connectivity index (χ1) is 13.1. The summed E-state index contributed by atoms with van der Waals surface area (Å²) >= 11 is 0. The first kappa shape index (κ1) is 18.0. The minimum atomic E-state index is -0.0114. The molecule has 1 aromatic rings. The van der Waals surface area contributed by atoms with Crippen molar-refractivity contribution in [3.63, 3.8) is 0 Å². The molecule has 2 unspecified atom stereocenters. The highest BCUT2D eigenvalue weighted by molar-refractivity contribution is 6.03. The van der Waals surface area contributed by atoms with Gasteiger partial charge in [-0.15, -0.1) is 0 Å². The van der Waals surface area contributed by atoms with E-state index < -0.39 is 0 Å². The molecule has 0 aromatic heterocycles. The second kappa shape index (κ2) is 7.32. The summed E-state index contributed by atoms with van der Waals surface area (Å²) in [7, 11) is 1.68. The molecule has 27 heavy (non-hydrogen) atoms. The molecule has 0 aliphatic heterocycles. The number of allylic oxidation sites excluding steroid dienone is 1. The van der Waals surface area contributed by atoms with Gasteiger partial charge in [0.05, 0.1) is 18.9 Å². The van der Waals surface area contributed by atoms with Gasteiger partial charge in [0.15, 0.2) is 0 Å². The lowest BCUT2D eigenvalue weighted by Gasteiger charge is -2.33. The molecule has 142 valence electrons. The van der Waals surface area contributed by atoms with Crippen LogP contribution in [0.1, 0.15) is 49.7 Å². The predicted octanol–water partition coefficient (Wildman–Crippen LogP) is 3.91. The smallest absolute Gasteiger partial charge is 0.279 e. The van der Waals surface area contributed by atoms with Crippen molar-refractivity contribution in [3.8, 4) is 5.75 Å². The van der Waals surface area contributed by atoms with Crippen LogP contribution in [0.5, 0.6) is 5.75 Å². The fraction of sp³-hybridized carbons (Fsp3) is 0.545. The number of fused-ring (bicyclic) bond motifs is 2. The lowest BCUT2D eigenvalue weighted by Crippen LogP contribution is -2.42. The van der Waals surface area contributed by atoms with Gasteiger partial charge >= 0.3 is 0 Å². The number of nitrogens with zero attached hydrogens (tertiary/aromatic N) is 3. The molecule has 2 atom stereocenters. The maximum atomic E-state index is 13.5. The molecule has 4 rings (SSSR count). The Morgan fingerprint density at radius 1 is 1.30 bits per heavy atom. The Balaban J connectivity index is 1.62. The molecule has 0 N–H and O–H groups in total. The number of carbonyl (C=O) groups is 1. The van der Waals surface area contributed by atoms with Crippen molar-refractivity contribution in [1.82, 2.24) is 4.90 Å². The quantitative estimate of drug-likeness (QED) is 0.586. The maximum Gasteiger partial charge on any atom is 0.279 e. The maximum absolute atomic E-state index is 13.5. The molecule has 3 aliphatic rings. The third-order valence-electron chi connectivity index (χ3n) is 6.39. The van der Waals surface area contributed by atoms with E-state index in [9.17, 15) is 10.3 Å². The molecular weight excluding hydrogens is 338 g/mol. The van der Waals surface area contributed by atoms with Crippen LogP contribution in [0.4, 0.5) is 0 Å². The van der Waals surface area contributed by atoms with Gasteiger partial charge in [-0.2, -0.15) is 4.79 Å². The van der Waals surface area contributed by atoms with E-state index in [0.29, 0.717) is 18.5 Å². The highest BCUT2D eigenvalue weighted by atomic mass is 16.5. The van der Waals surface area contributed by atoms with E-state index in [1.54, 1.807) is 7.11 Å². The first-order valence-electron chi connectivity index (χ1n) is 9.99. The fourth-order valence-corrected chi connectivity index (χ4v) is 4.66. The summed E-state index contributed by atoms with van der Waals surface area (Å²) in [5, 5.41) is 0. The van der Waals surface area contributed by atoms with E-state index in [1.807, 2.05) is 24.0 Å². The molecule has 3 aliphatic carbocycles. The summed E-state index contributed by atoms with van der Waals surface area (Å²) < 4.78 is 5.44. The zero-order chi connectivity index (χ0) is 19.0. The predicted molar refractivity (Wildman–Crippen MR) is 103 cm³/mol. The standard InChI is InChI=1S/C22H27N3O2/c1-14-16(6-4-8-20(14)27-2)13-25(17-10-11-17)22(26)19-12-9-15-5-3-7-18(19)21(15)24-23/h4,6,8,12,15,17-18H,3,5,7,9-11,13H2,1-2H3. The molecule has 5 nitrogen and oxygen atoms in total. The van der Waals surface area contributed by atoms with Crippen LogP contribution in [0.2, 0.25) is 0 Å². The van der Waals surface area contributed by atoms with Crippen LogP contribution in [0.3, 0.4) is 0 Å². The zero-order valence-electron chi connectivity index (χ0n) is 16.1. The molecule has 1 aromatic carbocycles. The number of carbonyl (C=O) groups excluding carboxylic acids is 1. The molecule has 0 radical (unpaired) electrons. The van der Waals surface area contributed by atoms with Crippen molar-refractivity contribution >= 4 is 11.6 Å². The van der Waals surface area contributed by atoms with E-state index in [-0.39, 0.29) is 11.8 Å². The number of hydrogen-bond acceptors (Lipinski definition) is 2. The Kier molecular flexibility index (Phi) is 4.88. The first-order valence-corrected chi connectivity index (χ1v) is 9.99. The lowest BCUT2D eigenvalue weighted by molar-refractivity contribution is -0.129. The summed E-state index contributed by atoms with van der Waals surface area (Å²) in [6, 6.07) is 6.34. The topological polar surface area (TPSA) is 65.9 Å². The molecule has 0 spiro atoms. The van der Waals surface area contributed by atoms with Gasteiger partial charge in [0.2, 0.25) is 0 Å². The van der Waals surface area contributed by atoms with Crippen molar-refractivity contribution in [1.29, 1.82) is 0 Å². The summed E-state index contributed by atoms with van der Waals surface area (Å²) in [6.45, 7) is 2.65. The average molecular weight is 365 g/mol. The number of amides is 1. The van der Waals surface area contributed by atoms with E-state index >= 15 is 0 Å². The highest BCUT2D eigenvalue weighted by Gasteiger charge is 2.45. The van der Waals surface area contributed by atoms with Gasteiger partial charge in [0.1, 0.15) is 5.75 Å². The van der Waals surface area contributed by atoms with Crippen LogP contribution in [0.25, 0.3) is 5.53 Å². The number of methoxy groups -OCH3 is 1. The molecule has 2 saturated carbocycles. The van der Waals surface area contributed by atoms with E-state index in [4.69, 9.17) is 4.74 Å². The third-order valence-corrected chi connectivity index (χ3v) is 6.39. The van der Waals surface area contributed by atoms with Gasteiger partial charge in [-0.1, -0.05) is 24.6 Å². The lowest BCUT2D eigenvalue weighted by atomic mass is 9.70. The summed E-state index contributed by atoms with van der Waals surface area (Å²) in [5.74, 6) is 1.27. The number of rotatable bonds is 5. The zero-order valence-corrected chi connectivity index (χ0v) is 16.1. The SMILES string of the molecule is COc1cccc(CN(C(=O)C2=CCC3CCCC2C3=[N+]=[N-])C2CC2)c1C. The minimum Gasteiger partial charge on any atom is -0.496 e. The van der Waals surface area contributed by atoms with E-state index in [0.717, 1.165) is 66.7 Å². The van der Waals surface area contributed by atoms with Crippen LogP contribution >= 0.6 is 0 Å². The van der Waals surface area contributed by atoms with E-state index in [2.05, 4.69) is 16.9 Å². The van der Waals surface area contributed by atoms with Crippen molar-refractivity contribution in [2.45, 2.75) is 58.0 Å². The number of ether oxygens (including phenoxy) is 1. The number of benzene rings is 1. The van der Waals surface area contributed by atoms with Crippen LogP contribution < -0.4 is 4.74 Å². The number of hydrogen-bond donors (Lipinski definition) is 0. The molecule has 2 bridgehead atoms. The Morgan fingerprint density at radius 3 is 2.81 bits per heavy atom. The van der Waals surface area contributed by atoms with Gasteiger partial charge in [-0.05, 0) is 56.2 Å². The van der Waals surface area contributed by atoms with Crippen LogP contribution in [0.15, 0.2) is 29.8 Å². The molecule has 2 fully saturated rings. The third kappa shape index (κ3) is 3.32. The Bertz CT molecular complexity index is 834. The monoisotopic (exact) mass is 365 g/mol. The Hall–Kier alpha value is -2.39. The van der Waals surface area contributed by atoms with Gasteiger partial charge in [0, 0.05) is 18.2 Å². The Labute approximate surface area is 160 Å². The molecule has 0 heterocycles. The molecule has 5 heteroatoms. The largest absolute Gasteiger partial charge is 0.496 e. The van der Waals surface area contributed by atoms with Crippen molar-refractivity contribution in [2.75, 3.05) is 7.11 Å². The summed E-state index contributed by atoms with van der Waals surface area (Å²) in [6.07, 6.45) is 8.12. The second-order valence-corrected chi connectivity index (χ2v) is 8.01. The van der Waals surface area contributed by atoms with Crippen LogP contribution in [0, 0.1) is 18.8 Å². The summed E-state index contributed by atoms with van der Waals surface area (Å²) in [4.78, 5) is 19.1. The van der Waals surface area contributed by atoms with Crippen molar-refractivity contribution in [3.05, 3.63) is 46.5 Å². The average Bonchev–Trinajstić information content (AvgIpc) is 3.51. The highest BCUT2D eigenvalue weighted by Crippen LogP contribution is 2.40. The molecule has 1 amide bonds. The second-order valence-electron chi connectivity index (χ2n) is 8.01. The van der Waals surface area contributed by atoms with E-state index in [1.165, 1.54) is 0 Å². The van der Waals surface area contributed by atoms with Crippen molar-refractivity contribution < 1.29 is 14.3 Å².